The number of carbonyl (C=O) groups excluding carboxylic acids is 9. The summed E-state index contributed by atoms with van der Waals surface area (Å²) in [5.41, 5.74) is 27.7. The number of likely N-dealkylation sites (tertiary alicyclic amines) is 1. The van der Waals surface area contributed by atoms with Crippen molar-refractivity contribution in [3.63, 3.8) is 0 Å². The number of hydrogen-bond donors (Lipinski definition) is 15. The molecule has 20 N–H and O–H groups in total. The van der Waals surface area contributed by atoms with Gasteiger partial charge in [0.2, 0.25) is 53.2 Å². The van der Waals surface area contributed by atoms with Crippen LogP contribution in [0.2, 0.25) is 0 Å². The molecule has 1 heterocycles. The zero-order chi connectivity index (χ0) is 60.1. The van der Waals surface area contributed by atoms with Crippen LogP contribution in [-0.4, -0.2) is 185 Å². The van der Waals surface area contributed by atoms with Gasteiger partial charge in [-0.2, -0.15) is 11.8 Å². The Morgan fingerprint density at radius 2 is 1.14 bits per heavy atom. The number of thioether (sulfide) groups is 1. The molecule has 0 aromatic rings. The van der Waals surface area contributed by atoms with E-state index < -0.39 is 138 Å². The first kappa shape index (κ1) is 70.5. The molecule has 9 amide bonds. The maximum Gasteiger partial charge on any atom is 0.326 e. The van der Waals surface area contributed by atoms with Crippen molar-refractivity contribution in [2.75, 3.05) is 44.8 Å². The lowest BCUT2D eigenvalue weighted by atomic mass is 9.97. The number of aliphatic carboxylic acids is 1. The minimum atomic E-state index is -1.61. The highest BCUT2D eigenvalue weighted by Gasteiger charge is 2.40. The van der Waals surface area contributed by atoms with E-state index in [0.29, 0.717) is 25.0 Å². The van der Waals surface area contributed by atoms with Crippen molar-refractivity contribution in [2.24, 2.45) is 62.3 Å². The van der Waals surface area contributed by atoms with Crippen LogP contribution in [0.4, 0.5) is 0 Å². The summed E-state index contributed by atoms with van der Waals surface area (Å²) in [6.45, 7) is 12.9. The summed E-state index contributed by atoms with van der Waals surface area (Å²) in [7, 11) is 0. The third-order valence-electron chi connectivity index (χ3n) is 12.9. The van der Waals surface area contributed by atoms with Crippen LogP contribution >= 0.6 is 11.8 Å². The number of carboxylic acid groups (broad SMARTS) is 1. The molecule has 0 aliphatic carbocycles. The molecule has 0 spiro atoms. The number of aliphatic hydroxyl groups is 1. The third-order valence-corrected chi connectivity index (χ3v) is 13.6. The molecular weight excluding hydrogens is 1050 g/mol. The van der Waals surface area contributed by atoms with Gasteiger partial charge in [0.05, 0.1) is 19.2 Å². The molecule has 1 aliphatic heterocycles. The molecule has 450 valence electrons. The van der Waals surface area contributed by atoms with E-state index in [1.165, 1.54) is 16.7 Å². The van der Waals surface area contributed by atoms with Crippen LogP contribution in [0, 0.1) is 23.7 Å². The van der Waals surface area contributed by atoms with Gasteiger partial charge < -0.3 is 86.3 Å². The first-order valence-electron chi connectivity index (χ1n) is 27.0. The summed E-state index contributed by atoms with van der Waals surface area (Å²) < 4.78 is 0. The molecule has 0 aromatic carbocycles. The lowest BCUT2D eigenvalue weighted by Gasteiger charge is -2.31. The van der Waals surface area contributed by atoms with Gasteiger partial charge in [-0.15, -0.1) is 0 Å². The zero-order valence-electron chi connectivity index (χ0n) is 47.4. The third kappa shape index (κ3) is 26.3. The summed E-state index contributed by atoms with van der Waals surface area (Å²) in [4.78, 5) is 144. The van der Waals surface area contributed by atoms with Gasteiger partial charge >= 0.3 is 5.97 Å². The van der Waals surface area contributed by atoms with Crippen LogP contribution < -0.4 is 71.2 Å². The van der Waals surface area contributed by atoms with Gasteiger partial charge in [0.25, 0.3) is 0 Å². The first-order chi connectivity index (χ1) is 37.1. The van der Waals surface area contributed by atoms with E-state index in [2.05, 4.69) is 52.5 Å². The van der Waals surface area contributed by atoms with Gasteiger partial charge in [-0.1, -0.05) is 61.8 Å². The van der Waals surface area contributed by atoms with Crippen LogP contribution in [0.3, 0.4) is 0 Å². The van der Waals surface area contributed by atoms with Crippen molar-refractivity contribution in [2.45, 2.75) is 174 Å². The van der Waals surface area contributed by atoms with E-state index in [0.717, 1.165) is 0 Å². The molecule has 1 fully saturated rings. The number of carboxylic acids is 1. The molecule has 0 unspecified atom stereocenters. The fourth-order valence-electron chi connectivity index (χ4n) is 8.36. The van der Waals surface area contributed by atoms with Crippen LogP contribution in [-0.2, 0) is 47.9 Å². The predicted octanol–water partition coefficient (Wildman–Crippen LogP) is -3.45. The van der Waals surface area contributed by atoms with E-state index in [1.54, 1.807) is 55.4 Å². The summed E-state index contributed by atoms with van der Waals surface area (Å²) in [6, 6.07) is -11.1. The molecule has 1 rings (SSSR count). The standard InChI is InChI=1S/C50H92N16O12S/c1-10-29(8)39(48(77)78)65-43(72)34(23-27(4)5)61-44(73)35(25-67)63-42(71)33(22-26(2)3)62-46(75)38(28(6)7)64-41(70)31(15-12-19-57-50(54)55)60-45(74)36-16-13-20-66(36)47(76)32(17-21-79-9)59-37(68)24-58-40(69)30(51)14-11-18-56-49(52)53/h26-36,38-39,67H,10-25,51H2,1-9H3,(H,58,69)(H,59,68)(H,60,74)(H,61,73)(H,62,75)(H,63,71)(H,64,70)(H,65,72)(H,77,78)(H4,52,53,56)(H4,54,55,57)/t29-,30-,31-,32-,33-,34-,35-,36-,38-,39-/m0/s1. The highest BCUT2D eigenvalue weighted by atomic mass is 32.2. The Labute approximate surface area is 468 Å². The summed E-state index contributed by atoms with van der Waals surface area (Å²) >= 11 is 1.43. The van der Waals surface area contributed by atoms with Gasteiger partial charge in [0.1, 0.15) is 48.3 Å². The maximum absolute atomic E-state index is 14.3. The van der Waals surface area contributed by atoms with Gasteiger partial charge in [0.15, 0.2) is 11.9 Å². The largest absolute Gasteiger partial charge is 0.480 e. The predicted molar refractivity (Wildman–Crippen MR) is 300 cm³/mol. The second-order valence-corrected chi connectivity index (χ2v) is 21.9. The molecule has 29 heteroatoms. The Kier molecular flexibility index (Phi) is 32.7. The molecule has 79 heavy (non-hydrogen) atoms. The number of nitrogens with one attached hydrogen (secondary N) is 8. The number of carbonyl (C=O) groups is 10. The number of aliphatic imine (C=N–C) groups is 2. The van der Waals surface area contributed by atoms with Gasteiger partial charge in [-0.05, 0) is 93.5 Å². The van der Waals surface area contributed by atoms with Crippen molar-refractivity contribution < 1.29 is 58.2 Å². The van der Waals surface area contributed by atoms with Crippen molar-refractivity contribution in [3.8, 4) is 0 Å². The average Bonchev–Trinajstić information content (AvgIpc) is 3.89. The van der Waals surface area contributed by atoms with Gasteiger partial charge in [-0.3, -0.25) is 53.1 Å². The Balaban J connectivity index is 3.33. The van der Waals surface area contributed by atoms with Gasteiger partial charge in [-0.25, -0.2) is 4.79 Å². The van der Waals surface area contributed by atoms with Crippen molar-refractivity contribution in [3.05, 3.63) is 0 Å². The molecular formula is C50H92N16O12S. The average molecular weight is 1140 g/mol. The number of hydrogen-bond acceptors (Lipinski definition) is 15. The Morgan fingerprint density at radius 1 is 0.633 bits per heavy atom. The Hall–Kier alpha value is -6.49. The first-order valence-corrected chi connectivity index (χ1v) is 28.4. The number of rotatable bonds is 37. The lowest BCUT2D eigenvalue weighted by Crippen LogP contribution is -2.61. The van der Waals surface area contributed by atoms with Crippen molar-refractivity contribution >= 4 is 82.8 Å². The fourth-order valence-corrected chi connectivity index (χ4v) is 8.83. The smallest absolute Gasteiger partial charge is 0.326 e. The highest BCUT2D eigenvalue weighted by Crippen LogP contribution is 2.21. The summed E-state index contributed by atoms with van der Waals surface area (Å²) in [6.07, 6.45) is 4.04. The van der Waals surface area contributed by atoms with E-state index in [4.69, 9.17) is 28.7 Å². The summed E-state index contributed by atoms with van der Waals surface area (Å²) in [5, 5.41) is 40.8. The van der Waals surface area contributed by atoms with Crippen LogP contribution in [0.15, 0.2) is 9.98 Å². The van der Waals surface area contributed by atoms with E-state index in [1.807, 2.05) is 6.26 Å². The second kappa shape index (κ2) is 36.6. The molecule has 0 saturated carbocycles. The SMILES string of the molecule is CC[C@H](C)[C@H](NC(=O)[C@H](CC(C)C)NC(=O)[C@H](CO)NC(=O)[C@H](CC(C)C)NC(=O)[C@@H](NC(=O)[C@H](CCCN=C(N)N)NC(=O)[C@@H]1CCCN1C(=O)[C@H](CCSC)NC(=O)CNC(=O)[C@@H](N)CCCN=C(N)N)C(C)C)C(=O)O. The quantitative estimate of drug-likeness (QED) is 0.0163. The minimum absolute atomic E-state index is 0.0276. The van der Waals surface area contributed by atoms with Crippen LogP contribution in [0.1, 0.15) is 120 Å². The highest BCUT2D eigenvalue weighted by molar-refractivity contribution is 7.98. The van der Waals surface area contributed by atoms with Crippen molar-refractivity contribution in [1.29, 1.82) is 0 Å². The normalized spacial score (nSPS) is 16.6. The maximum atomic E-state index is 14.3. The second-order valence-electron chi connectivity index (χ2n) is 20.9. The monoisotopic (exact) mass is 1140 g/mol. The number of nitrogens with two attached hydrogens (primary N) is 5. The van der Waals surface area contributed by atoms with Crippen LogP contribution in [0.5, 0.6) is 0 Å². The van der Waals surface area contributed by atoms with Crippen molar-refractivity contribution in [1.82, 2.24) is 47.4 Å². The molecule has 1 saturated heterocycles. The Bertz CT molecular complexity index is 2090. The topological polar surface area (TPSA) is 465 Å². The number of guanidine groups is 2. The number of nitrogens with zero attached hydrogens (tertiary/aromatic N) is 3. The van der Waals surface area contributed by atoms with E-state index in [-0.39, 0.29) is 88.3 Å². The number of amides is 9. The molecule has 0 aromatic heterocycles. The zero-order valence-corrected chi connectivity index (χ0v) is 48.2. The number of aliphatic hydroxyl groups excluding tert-OH is 1. The molecule has 10 atom stereocenters. The molecule has 28 nitrogen and oxygen atoms in total. The lowest BCUT2D eigenvalue weighted by molar-refractivity contribution is -0.144. The van der Waals surface area contributed by atoms with E-state index in [9.17, 15) is 58.2 Å². The molecule has 0 bridgehead atoms. The molecule has 0 radical (unpaired) electrons. The molecule has 1 aliphatic rings. The Morgan fingerprint density at radius 3 is 1.65 bits per heavy atom. The van der Waals surface area contributed by atoms with E-state index >= 15 is 0 Å². The minimum Gasteiger partial charge on any atom is -0.480 e. The van der Waals surface area contributed by atoms with Crippen LogP contribution in [0.25, 0.3) is 0 Å². The summed E-state index contributed by atoms with van der Waals surface area (Å²) in [5.74, 6) is -9.14. The van der Waals surface area contributed by atoms with Gasteiger partial charge in [0, 0.05) is 19.6 Å². The fraction of sp³-hybridized carbons (Fsp3) is 0.760.